The van der Waals surface area contributed by atoms with Gasteiger partial charge in [-0.05, 0) is 80.4 Å². The number of aryl methyl sites for hydroxylation is 1. The predicted molar refractivity (Wildman–Crippen MR) is 125 cm³/mol. The maximum Gasteiger partial charge on any atom is 0.351 e. The highest BCUT2D eigenvalue weighted by Gasteiger charge is 2.16. The van der Waals surface area contributed by atoms with Crippen LogP contribution in [-0.2, 0) is 14.3 Å². The van der Waals surface area contributed by atoms with E-state index in [1.807, 2.05) is 0 Å². The number of benzene rings is 2. The Labute approximate surface area is 195 Å². The second kappa shape index (κ2) is 11.1. The molecule has 8 heteroatoms. The van der Waals surface area contributed by atoms with E-state index in [1.54, 1.807) is 63.2 Å². The highest BCUT2D eigenvalue weighted by Crippen LogP contribution is 2.22. The zero-order valence-electron chi connectivity index (χ0n) is 19.1. The van der Waals surface area contributed by atoms with Gasteiger partial charge in [0.15, 0.2) is 12.4 Å². The van der Waals surface area contributed by atoms with E-state index in [9.17, 15) is 19.2 Å². The smallest absolute Gasteiger partial charge is 0.351 e. The summed E-state index contributed by atoms with van der Waals surface area (Å²) in [4.78, 5) is 48.1. The highest BCUT2D eigenvalue weighted by atomic mass is 16.6. The van der Waals surface area contributed by atoms with E-state index in [2.05, 4.69) is 0 Å². The van der Waals surface area contributed by atoms with Gasteiger partial charge in [-0.1, -0.05) is 6.08 Å². The van der Waals surface area contributed by atoms with Gasteiger partial charge in [-0.25, -0.2) is 14.4 Å². The maximum absolute atomic E-state index is 12.6. The van der Waals surface area contributed by atoms with Crippen LogP contribution in [0.4, 0.5) is 0 Å². The van der Waals surface area contributed by atoms with E-state index in [0.717, 1.165) is 0 Å². The Bertz CT molecular complexity index is 1300. The van der Waals surface area contributed by atoms with Crippen LogP contribution in [0, 0.1) is 6.92 Å². The molecule has 1 aromatic heterocycles. The van der Waals surface area contributed by atoms with Crippen molar-refractivity contribution in [2.24, 2.45) is 0 Å². The van der Waals surface area contributed by atoms with Gasteiger partial charge in [0.25, 0.3) is 0 Å². The summed E-state index contributed by atoms with van der Waals surface area (Å²) in [6, 6.07) is 11.3. The van der Waals surface area contributed by atoms with Gasteiger partial charge >= 0.3 is 17.6 Å². The summed E-state index contributed by atoms with van der Waals surface area (Å²) >= 11 is 0. The SMILES string of the molecule is CCOC(=O)COc1ccc(C(=O)/C=C/c2cc(C)c3oc(=O)c(C(=O)OCC)cc3c2)cc1. The lowest BCUT2D eigenvalue weighted by Gasteiger charge is -2.06. The van der Waals surface area contributed by atoms with Crippen LogP contribution in [0.5, 0.6) is 5.75 Å². The van der Waals surface area contributed by atoms with E-state index >= 15 is 0 Å². The Morgan fingerprint density at radius 2 is 1.68 bits per heavy atom. The number of carbonyl (C=O) groups excluding carboxylic acids is 3. The fraction of sp³-hybridized carbons (Fsp3) is 0.231. The van der Waals surface area contributed by atoms with Crippen molar-refractivity contribution in [1.29, 1.82) is 0 Å². The van der Waals surface area contributed by atoms with E-state index in [-0.39, 0.29) is 31.2 Å². The van der Waals surface area contributed by atoms with Crippen molar-refractivity contribution >= 4 is 34.8 Å². The predicted octanol–water partition coefficient (Wildman–Crippen LogP) is 4.12. The quantitative estimate of drug-likeness (QED) is 0.201. The summed E-state index contributed by atoms with van der Waals surface area (Å²) < 4.78 is 20.3. The second-order valence-electron chi connectivity index (χ2n) is 7.24. The third kappa shape index (κ3) is 5.98. The Balaban J connectivity index is 1.77. The standard InChI is InChI=1S/C26H24O8/c1-4-31-23(28)15-33-20-9-7-18(8-10-20)22(27)11-6-17-12-16(3)24-19(13-17)14-21(26(30)34-24)25(29)32-5-2/h6-14H,4-5,15H2,1-3H3/b11-6+. The molecule has 34 heavy (non-hydrogen) atoms. The monoisotopic (exact) mass is 464 g/mol. The third-order valence-electron chi connectivity index (χ3n) is 4.76. The molecule has 0 amide bonds. The summed E-state index contributed by atoms with van der Waals surface area (Å²) in [7, 11) is 0. The Hall–Kier alpha value is -4.20. The maximum atomic E-state index is 12.6. The fourth-order valence-corrected chi connectivity index (χ4v) is 3.21. The van der Waals surface area contributed by atoms with Crippen molar-refractivity contribution in [3.63, 3.8) is 0 Å². The molecule has 0 fully saturated rings. The van der Waals surface area contributed by atoms with Gasteiger partial charge in [-0.15, -0.1) is 0 Å². The van der Waals surface area contributed by atoms with Crippen molar-refractivity contribution in [3.8, 4) is 5.75 Å². The molecule has 0 N–H and O–H groups in total. The third-order valence-corrected chi connectivity index (χ3v) is 4.76. The van der Waals surface area contributed by atoms with Crippen molar-refractivity contribution < 1.29 is 33.0 Å². The number of ketones is 1. The minimum absolute atomic E-state index is 0.138. The molecular weight excluding hydrogens is 440 g/mol. The number of ether oxygens (including phenoxy) is 3. The molecule has 3 rings (SSSR count). The molecule has 2 aromatic carbocycles. The molecular formula is C26H24O8. The molecule has 0 aliphatic carbocycles. The molecule has 0 saturated carbocycles. The molecule has 0 saturated heterocycles. The summed E-state index contributed by atoms with van der Waals surface area (Å²) in [5.74, 6) is -1.01. The summed E-state index contributed by atoms with van der Waals surface area (Å²) in [5, 5.41) is 0.540. The number of carbonyl (C=O) groups is 3. The summed E-state index contributed by atoms with van der Waals surface area (Å²) in [5.41, 5.74) is 1.22. The second-order valence-corrected chi connectivity index (χ2v) is 7.24. The summed E-state index contributed by atoms with van der Waals surface area (Å²) in [6.45, 7) is 5.33. The van der Waals surface area contributed by atoms with Crippen LogP contribution in [0.2, 0.25) is 0 Å². The first-order valence-corrected chi connectivity index (χ1v) is 10.7. The van der Waals surface area contributed by atoms with E-state index in [1.165, 1.54) is 12.1 Å². The lowest BCUT2D eigenvalue weighted by atomic mass is 10.0. The minimum Gasteiger partial charge on any atom is -0.482 e. The molecule has 0 unspecified atom stereocenters. The average Bonchev–Trinajstić information content (AvgIpc) is 2.82. The molecule has 0 bridgehead atoms. The van der Waals surface area contributed by atoms with Gasteiger partial charge in [0, 0.05) is 10.9 Å². The number of fused-ring (bicyclic) bond motifs is 1. The largest absolute Gasteiger partial charge is 0.482 e. The Morgan fingerprint density at radius 3 is 2.35 bits per heavy atom. The molecule has 0 atom stereocenters. The van der Waals surface area contributed by atoms with Crippen LogP contribution >= 0.6 is 0 Å². The fourth-order valence-electron chi connectivity index (χ4n) is 3.21. The van der Waals surface area contributed by atoms with Crippen molar-refractivity contribution in [2.45, 2.75) is 20.8 Å². The molecule has 0 aliphatic rings. The first-order valence-electron chi connectivity index (χ1n) is 10.7. The van der Waals surface area contributed by atoms with Crippen LogP contribution in [0.15, 0.2) is 57.8 Å². The van der Waals surface area contributed by atoms with Gasteiger partial charge < -0.3 is 18.6 Å². The van der Waals surface area contributed by atoms with E-state index < -0.39 is 17.6 Å². The number of hydrogen-bond acceptors (Lipinski definition) is 8. The average molecular weight is 464 g/mol. The van der Waals surface area contributed by atoms with Crippen LogP contribution in [0.3, 0.4) is 0 Å². The molecule has 0 aliphatic heterocycles. The van der Waals surface area contributed by atoms with Crippen molar-refractivity contribution in [3.05, 3.63) is 81.2 Å². The van der Waals surface area contributed by atoms with Crippen LogP contribution < -0.4 is 10.4 Å². The summed E-state index contributed by atoms with van der Waals surface area (Å²) in [6.07, 6.45) is 3.05. The molecule has 176 valence electrons. The van der Waals surface area contributed by atoms with Gasteiger partial charge in [0.2, 0.25) is 0 Å². The van der Waals surface area contributed by atoms with Gasteiger partial charge in [0.1, 0.15) is 16.9 Å². The van der Waals surface area contributed by atoms with Crippen molar-refractivity contribution in [2.75, 3.05) is 19.8 Å². The molecule has 8 nitrogen and oxygen atoms in total. The highest BCUT2D eigenvalue weighted by molar-refractivity contribution is 6.07. The Kier molecular flexibility index (Phi) is 7.97. The topological polar surface area (TPSA) is 109 Å². The lowest BCUT2D eigenvalue weighted by molar-refractivity contribution is -0.145. The zero-order chi connectivity index (χ0) is 24.7. The molecule has 0 spiro atoms. The van der Waals surface area contributed by atoms with Crippen LogP contribution in [0.25, 0.3) is 17.0 Å². The van der Waals surface area contributed by atoms with Gasteiger partial charge in [-0.2, -0.15) is 0 Å². The lowest BCUT2D eigenvalue weighted by Crippen LogP contribution is -2.16. The number of esters is 2. The van der Waals surface area contributed by atoms with E-state index in [0.29, 0.717) is 33.4 Å². The Morgan fingerprint density at radius 1 is 0.971 bits per heavy atom. The van der Waals surface area contributed by atoms with E-state index in [4.69, 9.17) is 18.6 Å². The molecule has 3 aromatic rings. The number of allylic oxidation sites excluding steroid dienone is 1. The van der Waals surface area contributed by atoms with Gasteiger partial charge in [-0.3, -0.25) is 4.79 Å². The first-order chi connectivity index (χ1) is 16.3. The first kappa shape index (κ1) is 24.4. The van der Waals surface area contributed by atoms with Crippen molar-refractivity contribution in [1.82, 2.24) is 0 Å². The van der Waals surface area contributed by atoms with Gasteiger partial charge in [0.05, 0.1) is 13.2 Å². The molecule has 1 heterocycles. The van der Waals surface area contributed by atoms with Crippen LogP contribution in [0.1, 0.15) is 45.7 Å². The number of rotatable bonds is 9. The minimum atomic E-state index is -0.762. The molecule has 0 radical (unpaired) electrons. The van der Waals surface area contributed by atoms with Crippen LogP contribution in [-0.4, -0.2) is 37.5 Å². The zero-order valence-corrected chi connectivity index (χ0v) is 19.1. The normalized spacial score (nSPS) is 10.9. The number of hydrogen-bond donors (Lipinski definition) is 0.